The maximum Gasteiger partial charge on any atom is 0.152 e. The summed E-state index contributed by atoms with van der Waals surface area (Å²) in [7, 11) is 0. The molecule has 2 aliphatic rings. The summed E-state index contributed by atoms with van der Waals surface area (Å²) in [6.07, 6.45) is 1.79. The molecule has 5 atom stereocenters. The van der Waals surface area contributed by atoms with Gasteiger partial charge in [-0.15, -0.1) is 0 Å². The van der Waals surface area contributed by atoms with Gasteiger partial charge in [0.25, 0.3) is 0 Å². The second-order valence-electron chi connectivity index (χ2n) is 8.42. The summed E-state index contributed by atoms with van der Waals surface area (Å²) in [4.78, 5) is 13.0. The van der Waals surface area contributed by atoms with Crippen LogP contribution in [0.2, 0.25) is 15.1 Å². The van der Waals surface area contributed by atoms with Crippen molar-refractivity contribution in [1.82, 2.24) is 5.32 Å². The molecule has 4 rings (SSSR count). The first-order valence-electron chi connectivity index (χ1n) is 9.78. The Morgan fingerprint density at radius 1 is 1.04 bits per heavy atom. The third kappa shape index (κ3) is 3.39. The first kappa shape index (κ1) is 20.2. The molecule has 28 heavy (non-hydrogen) atoms. The van der Waals surface area contributed by atoms with Gasteiger partial charge in [0.15, 0.2) is 5.78 Å². The molecule has 5 unspecified atom stereocenters. The fourth-order valence-corrected chi connectivity index (χ4v) is 6.17. The highest BCUT2D eigenvalue weighted by atomic mass is 35.5. The number of Topliss-reactive ketones (excluding diaryl/α,β-unsaturated/α-hetero) is 1. The van der Waals surface area contributed by atoms with E-state index in [0.29, 0.717) is 27.4 Å². The van der Waals surface area contributed by atoms with E-state index < -0.39 is 0 Å². The number of hydrogen-bond acceptors (Lipinski definition) is 2. The lowest BCUT2D eigenvalue weighted by Gasteiger charge is -2.54. The van der Waals surface area contributed by atoms with Crippen LogP contribution in [0.3, 0.4) is 0 Å². The van der Waals surface area contributed by atoms with Crippen molar-refractivity contribution >= 4 is 40.6 Å². The fourth-order valence-electron chi connectivity index (χ4n) is 5.49. The van der Waals surface area contributed by atoms with Crippen LogP contribution < -0.4 is 5.32 Å². The second kappa shape index (κ2) is 7.65. The molecule has 0 bridgehead atoms. The standard InChI is InChI=1S/C23H24Cl3NO/c1-13-22-21(14-3-5-15(24)6-4-14)18(17-8-7-16(25)11-19(17)26)9-10-23(22,2)20(28)12-27-13/h3-8,11,13,18,21-22,27H,9-10,12H2,1-2H3. The molecule has 1 saturated carbocycles. The number of ketones is 1. The van der Waals surface area contributed by atoms with E-state index in [2.05, 4.69) is 31.3 Å². The van der Waals surface area contributed by atoms with Gasteiger partial charge >= 0.3 is 0 Å². The lowest BCUT2D eigenvalue weighted by atomic mass is 9.52. The van der Waals surface area contributed by atoms with Crippen molar-refractivity contribution in [2.24, 2.45) is 11.3 Å². The third-order valence-corrected chi connectivity index (χ3v) is 7.72. The maximum atomic E-state index is 13.0. The van der Waals surface area contributed by atoms with Crippen LogP contribution in [0.15, 0.2) is 42.5 Å². The summed E-state index contributed by atoms with van der Waals surface area (Å²) in [5.41, 5.74) is 1.99. The minimum atomic E-state index is -0.329. The van der Waals surface area contributed by atoms with Crippen LogP contribution in [-0.2, 0) is 4.79 Å². The molecule has 148 valence electrons. The number of carbonyl (C=O) groups excluding carboxylic acids is 1. The van der Waals surface area contributed by atoms with Gasteiger partial charge in [0, 0.05) is 26.5 Å². The van der Waals surface area contributed by atoms with Crippen molar-refractivity contribution in [2.45, 2.75) is 44.6 Å². The van der Waals surface area contributed by atoms with Gasteiger partial charge in [0.1, 0.15) is 0 Å². The van der Waals surface area contributed by atoms with Gasteiger partial charge in [0.2, 0.25) is 0 Å². The zero-order valence-electron chi connectivity index (χ0n) is 16.0. The van der Waals surface area contributed by atoms with Crippen LogP contribution in [0.5, 0.6) is 0 Å². The monoisotopic (exact) mass is 435 g/mol. The Hall–Kier alpha value is -1.06. The van der Waals surface area contributed by atoms with E-state index in [-0.39, 0.29) is 29.2 Å². The van der Waals surface area contributed by atoms with E-state index >= 15 is 0 Å². The third-order valence-electron chi connectivity index (χ3n) is 6.91. The number of piperidine rings is 1. The van der Waals surface area contributed by atoms with E-state index in [4.69, 9.17) is 34.8 Å². The Morgan fingerprint density at radius 3 is 2.39 bits per heavy atom. The molecule has 0 amide bonds. The van der Waals surface area contributed by atoms with E-state index in [1.165, 1.54) is 5.56 Å². The van der Waals surface area contributed by atoms with Crippen LogP contribution >= 0.6 is 34.8 Å². The maximum absolute atomic E-state index is 13.0. The highest BCUT2D eigenvalue weighted by Gasteiger charge is 2.55. The Labute approximate surface area is 181 Å². The Bertz CT molecular complexity index is 897. The number of fused-ring (bicyclic) bond motifs is 1. The van der Waals surface area contributed by atoms with Crippen molar-refractivity contribution in [2.75, 3.05) is 6.54 Å². The average Bonchev–Trinajstić information content (AvgIpc) is 2.66. The quantitative estimate of drug-likeness (QED) is 0.583. The lowest BCUT2D eigenvalue weighted by molar-refractivity contribution is -0.138. The van der Waals surface area contributed by atoms with Gasteiger partial charge in [-0.1, -0.05) is 59.9 Å². The molecule has 2 fully saturated rings. The van der Waals surface area contributed by atoms with E-state index in [9.17, 15) is 4.79 Å². The number of carbonyl (C=O) groups is 1. The fraction of sp³-hybridized carbons (Fsp3) is 0.435. The van der Waals surface area contributed by atoms with Crippen LogP contribution in [0.25, 0.3) is 0 Å². The van der Waals surface area contributed by atoms with Crippen molar-refractivity contribution in [3.05, 3.63) is 68.7 Å². The smallest absolute Gasteiger partial charge is 0.152 e. The zero-order chi connectivity index (χ0) is 20.1. The summed E-state index contributed by atoms with van der Waals surface area (Å²) in [6.45, 7) is 4.80. The highest BCUT2D eigenvalue weighted by molar-refractivity contribution is 6.35. The summed E-state index contributed by atoms with van der Waals surface area (Å²) in [6, 6.07) is 14.1. The van der Waals surface area contributed by atoms with Crippen molar-refractivity contribution in [3.63, 3.8) is 0 Å². The molecule has 1 N–H and O–H groups in total. The van der Waals surface area contributed by atoms with E-state index in [0.717, 1.165) is 18.4 Å². The number of hydrogen-bond donors (Lipinski definition) is 1. The normalized spacial score (nSPS) is 32.8. The van der Waals surface area contributed by atoms with Gasteiger partial charge in [-0.2, -0.15) is 0 Å². The van der Waals surface area contributed by atoms with Crippen LogP contribution in [0.4, 0.5) is 0 Å². The SMILES string of the molecule is CC1NCC(=O)C2(C)CCC(c3ccc(Cl)cc3Cl)C(c3ccc(Cl)cc3)C12. The highest BCUT2D eigenvalue weighted by Crippen LogP contribution is 2.58. The molecule has 1 aliphatic heterocycles. The van der Waals surface area contributed by atoms with Gasteiger partial charge in [-0.3, -0.25) is 4.79 Å². The largest absolute Gasteiger partial charge is 0.307 e. The predicted molar refractivity (Wildman–Crippen MR) is 117 cm³/mol. The van der Waals surface area contributed by atoms with Gasteiger partial charge in [-0.05, 0) is 72.9 Å². The summed E-state index contributed by atoms with van der Waals surface area (Å²) >= 11 is 18.9. The molecule has 0 radical (unpaired) electrons. The Kier molecular flexibility index (Phi) is 5.52. The molecule has 1 heterocycles. The first-order chi connectivity index (χ1) is 13.3. The first-order valence-corrected chi connectivity index (χ1v) is 10.9. The second-order valence-corrected chi connectivity index (χ2v) is 9.70. The Morgan fingerprint density at radius 2 is 1.71 bits per heavy atom. The van der Waals surface area contributed by atoms with Crippen molar-refractivity contribution in [3.8, 4) is 0 Å². The van der Waals surface area contributed by atoms with E-state index in [1.807, 2.05) is 30.3 Å². The predicted octanol–water partition coefficient (Wildman–Crippen LogP) is 6.49. The molecular formula is C23H24Cl3NO. The molecule has 1 saturated heterocycles. The summed E-state index contributed by atoms with van der Waals surface area (Å²) < 4.78 is 0. The molecule has 2 nitrogen and oxygen atoms in total. The molecule has 5 heteroatoms. The molecule has 0 aromatic heterocycles. The number of halogens is 3. The van der Waals surface area contributed by atoms with Crippen molar-refractivity contribution in [1.29, 1.82) is 0 Å². The zero-order valence-corrected chi connectivity index (χ0v) is 18.3. The van der Waals surface area contributed by atoms with Crippen LogP contribution in [0, 0.1) is 11.3 Å². The minimum absolute atomic E-state index is 0.168. The minimum Gasteiger partial charge on any atom is -0.307 e. The van der Waals surface area contributed by atoms with Gasteiger partial charge < -0.3 is 5.32 Å². The summed E-state index contributed by atoms with van der Waals surface area (Å²) in [5, 5.41) is 5.49. The summed E-state index contributed by atoms with van der Waals surface area (Å²) in [5.74, 6) is 0.885. The van der Waals surface area contributed by atoms with Crippen molar-refractivity contribution < 1.29 is 4.79 Å². The topological polar surface area (TPSA) is 29.1 Å². The number of nitrogens with one attached hydrogen (secondary N) is 1. The van der Waals surface area contributed by atoms with Crippen LogP contribution in [-0.4, -0.2) is 18.4 Å². The van der Waals surface area contributed by atoms with E-state index in [1.54, 1.807) is 0 Å². The number of benzene rings is 2. The molecule has 2 aromatic carbocycles. The molecular weight excluding hydrogens is 413 g/mol. The average molecular weight is 437 g/mol. The molecule has 0 spiro atoms. The van der Waals surface area contributed by atoms with Gasteiger partial charge in [0.05, 0.1) is 6.54 Å². The van der Waals surface area contributed by atoms with Gasteiger partial charge in [-0.25, -0.2) is 0 Å². The lowest BCUT2D eigenvalue weighted by Crippen LogP contribution is -2.60. The Balaban J connectivity index is 1.86. The van der Waals surface area contributed by atoms with Crippen LogP contribution in [0.1, 0.15) is 49.7 Å². The molecule has 2 aromatic rings. The number of rotatable bonds is 2. The molecule has 1 aliphatic carbocycles.